The Labute approximate surface area is 94.3 Å². The summed E-state index contributed by atoms with van der Waals surface area (Å²) in [4.78, 5) is 0. The maximum atomic E-state index is 10.6. The number of ether oxygens (including phenoxy) is 1. The van der Waals surface area contributed by atoms with E-state index in [-0.39, 0.29) is 13.0 Å². The van der Waals surface area contributed by atoms with Gasteiger partial charge in [-0.05, 0) is 6.42 Å². The molecule has 0 aromatic rings. The van der Waals surface area contributed by atoms with Crippen molar-refractivity contribution < 1.29 is 30.7 Å². The number of hydrogen-bond acceptors (Lipinski definition) is 5. The van der Waals surface area contributed by atoms with Gasteiger partial charge < -0.3 is 4.74 Å². The third-order valence-corrected chi connectivity index (χ3v) is 3.03. The van der Waals surface area contributed by atoms with Crippen LogP contribution in [0.4, 0.5) is 0 Å². The van der Waals surface area contributed by atoms with Crippen molar-refractivity contribution in [2.45, 2.75) is 18.8 Å². The zero-order valence-electron chi connectivity index (χ0n) is 8.45. The van der Waals surface area contributed by atoms with Gasteiger partial charge in [0.2, 0.25) is 0 Å². The Morgan fingerprint density at radius 2 is 1.75 bits per heavy atom. The molecule has 0 bridgehead atoms. The Hall–Kier alpha value is -0.660. The predicted molar refractivity (Wildman–Crippen MR) is 55.8 cm³/mol. The van der Waals surface area contributed by atoms with Crippen LogP contribution < -0.4 is 0 Å². The molecule has 0 heterocycles. The molecule has 0 radical (unpaired) electrons. The van der Waals surface area contributed by atoms with Gasteiger partial charge in [0.05, 0.1) is 0 Å². The van der Waals surface area contributed by atoms with Crippen LogP contribution in [0, 0.1) is 11.8 Å². The van der Waals surface area contributed by atoms with Gasteiger partial charge in [0.15, 0.2) is 5.44 Å². The summed E-state index contributed by atoms with van der Waals surface area (Å²) in [6, 6.07) is 0. The van der Waals surface area contributed by atoms with Crippen molar-refractivity contribution in [3.8, 4) is 11.8 Å². The average molecular weight is 272 g/mol. The monoisotopic (exact) mass is 272 g/mol. The van der Waals surface area contributed by atoms with Gasteiger partial charge in [0.1, 0.15) is 12.4 Å². The van der Waals surface area contributed by atoms with Gasteiger partial charge in [-0.15, -0.1) is 0 Å². The first kappa shape index (κ1) is 15.3. The van der Waals surface area contributed by atoms with Gasteiger partial charge in [0.25, 0.3) is 20.2 Å². The highest BCUT2D eigenvalue weighted by Gasteiger charge is 2.20. The first-order valence-corrected chi connectivity index (χ1v) is 7.27. The van der Waals surface area contributed by atoms with Crippen molar-refractivity contribution in [2.75, 3.05) is 12.4 Å². The lowest BCUT2D eigenvalue weighted by molar-refractivity contribution is 0.124. The summed E-state index contributed by atoms with van der Waals surface area (Å²) in [5, 5.41) is 0. The second-order valence-electron chi connectivity index (χ2n) is 2.74. The van der Waals surface area contributed by atoms with Crippen molar-refractivity contribution in [3.63, 3.8) is 0 Å². The van der Waals surface area contributed by atoms with E-state index < -0.39 is 31.4 Å². The molecule has 1 unspecified atom stereocenters. The van der Waals surface area contributed by atoms with Gasteiger partial charge in [-0.3, -0.25) is 9.11 Å². The lowest BCUT2D eigenvalue weighted by Crippen LogP contribution is -2.23. The summed E-state index contributed by atoms with van der Waals surface area (Å²) < 4.78 is 63.3. The third-order valence-electron chi connectivity index (χ3n) is 1.39. The summed E-state index contributed by atoms with van der Waals surface area (Å²) >= 11 is 0. The summed E-state index contributed by atoms with van der Waals surface area (Å²) in [6.45, 7) is 1.14. The number of hydrogen-bond donors (Lipinski definition) is 2. The molecule has 94 valence electrons. The topological polar surface area (TPSA) is 118 Å². The molecule has 0 rings (SSSR count). The minimum absolute atomic E-state index is 0.0405. The highest BCUT2D eigenvalue weighted by Crippen LogP contribution is 2.04. The van der Waals surface area contributed by atoms with E-state index in [2.05, 4.69) is 16.6 Å². The largest absolute Gasteiger partial charge is 0.347 e. The lowest BCUT2D eigenvalue weighted by Gasteiger charge is -2.09. The SMILES string of the molecule is CCC(OCC#CCS(=O)(=O)O)S(=O)(=O)O. The van der Waals surface area contributed by atoms with Crippen LogP contribution in [-0.2, 0) is 25.0 Å². The van der Waals surface area contributed by atoms with Crippen LogP contribution in [0.5, 0.6) is 0 Å². The molecular formula is C7H12O7S2. The van der Waals surface area contributed by atoms with Gasteiger partial charge in [-0.2, -0.15) is 16.8 Å². The molecule has 0 aromatic carbocycles. The van der Waals surface area contributed by atoms with E-state index in [0.717, 1.165) is 0 Å². The molecule has 0 aliphatic heterocycles. The van der Waals surface area contributed by atoms with E-state index in [1.165, 1.54) is 6.92 Å². The molecule has 1 atom stereocenters. The van der Waals surface area contributed by atoms with Crippen molar-refractivity contribution in [3.05, 3.63) is 0 Å². The molecule has 0 saturated carbocycles. The molecule has 0 saturated heterocycles. The van der Waals surface area contributed by atoms with Gasteiger partial charge in [0, 0.05) is 0 Å². The Morgan fingerprint density at radius 1 is 1.19 bits per heavy atom. The van der Waals surface area contributed by atoms with Crippen LogP contribution >= 0.6 is 0 Å². The highest BCUT2D eigenvalue weighted by molar-refractivity contribution is 7.86. The fourth-order valence-electron chi connectivity index (χ4n) is 0.742. The fraction of sp³-hybridized carbons (Fsp3) is 0.714. The third kappa shape index (κ3) is 7.61. The molecule has 0 amide bonds. The molecule has 16 heavy (non-hydrogen) atoms. The molecule has 0 aliphatic rings. The van der Waals surface area contributed by atoms with E-state index in [0.29, 0.717) is 0 Å². The van der Waals surface area contributed by atoms with Crippen LogP contribution in [0.25, 0.3) is 0 Å². The highest BCUT2D eigenvalue weighted by atomic mass is 32.2. The minimum Gasteiger partial charge on any atom is -0.347 e. The molecule has 0 fully saturated rings. The predicted octanol–water partition coefficient (Wildman–Crippen LogP) is -0.482. The van der Waals surface area contributed by atoms with Crippen molar-refractivity contribution >= 4 is 20.2 Å². The van der Waals surface area contributed by atoms with E-state index in [9.17, 15) is 16.8 Å². The van der Waals surface area contributed by atoms with Gasteiger partial charge in [-0.25, -0.2) is 0 Å². The van der Waals surface area contributed by atoms with Crippen molar-refractivity contribution in [2.24, 2.45) is 0 Å². The molecule has 0 aromatic heterocycles. The van der Waals surface area contributed by atoms with E-state index in [4.69, 9.17) is 9.11 Å². The van der Waals surface area contributed by atoms with Crippen LogP contribution in [0.2, 0.25) is 0 Å². The smallest absolute Gasteiger partial charge is 0.292 e. The van der Waals surface area contributed by atoms with Crippen molar-refractivity contribution in [1.29, 1.82) is 0 Å². The second kappa shape index (κ2) is 6.17. The van der Waals surface area contributed by atoms with Crippen LogP contribution in [-0.4, -0.2) is 43.7 Å². The van der Waals surface area contributed by atoms with Gasteiger partial charge >= 0.3 is 0 Å². The quantitative estimate of drug-likeness (QED) is 0.512. The Morgan fingerprint density at radius 3 is 2.12 bits per heavy atom. The fourth-order valence-corrected chi connectivity index (χ4v) is 1.69. The molecule has 7 nitrogen and oxygen atoms in total. The van der Waals surface area contributed by atoms with E-state index in [1.807, 2.05) is 0 Å². The maximum absolute atomic E-state index is 10.6. The standard InChI is InChI=1S/C7H12O7S2/c1-2-7(16(11,12)13)14-5-3-4-6-15(8,9)10/h7H,2,5-6H2,1H3,(H,8,9,10)(H,11,12,13). The van der Waals surface area contributed by atoms with E-state index >= 15 is 0 Å². The summed E-state index contributed by atoms with van der Waals surface area (Å²) in [5.74, 6) is 3.51. The number of rotatable bonds is 5. The molecular weight excluding hydrogens is 260 g/mol. The average Bonchev–Trinajstić information content (AvgIpc) is 2.07. The summed E-state index contributed by atoms with van der Waals surface area (Å²) in [6.07, 6.45) is 0.0405. The van der Waals surface area contributed by atoms with E-state index in [1.54, 1.807) is 0 Å². The maximum Gasteiger partial charge on any atom is 0.292 e. The zero-order valence-corrected chi connectivity index (χ0v) is 10.1. The van der Waals surface area contributed by atoms with Gasteiger partial charge in [-0.1, -0.05) is 18.8 Å². The van der Waals surface area contributed by atoms with Crippen LogP contribution in [0.3, 0.4) is 0 Å². The first-order chi connectivity index (χ1) is 7.17. The molecule has 9 heteroatoms. The van der Waals surface area contributed by atoms with Crippen LogP contribution in [0.15, 0.2) is 0 Å². The normalized spacial score (nSPS) is 13.9. The lowest BCUT2D eigenvalue weighted by atomic mass is 10.5. The minimum atomic E-state index is -4.29. The molecule has 0 spiro atoms. The first-order valence-electron chi connectivity index (χ1n) is 4.15. The van der Waals surface area contributed by atoms with Crippen molar-refractivity contribution in [1.82, 2.24) is 0 Å². The Balaban J connectivity index is 4.17. The van der Waals surface area contributed by atoms with Crippen LogP contribution in [0.1, 0.15) is 13.3 Å². The summed E-state index contributed by atoms with van der Waals surface area (Å²) in [7, 11) is -8.44. The Bertz CT molecular complexity index is 465. The Kier molecular flexibility index (Phi) is 5.91. The summed E-state index contributed by atoms with van der Waals surface area (Å²) in [5.41, 5.74) is -1.38. The second-order valence-corrected chi connectivity index (χ2v) is 5.75. The molecule has 2 N–H and O–H groups in total. The molecule has 0 aliphatic carbocycles. The zero-order chi connectivity index (χ0) is 12.8.